The van der Waals surface area contributed by atoms with Crippen molar-refractivity contribution in [2.45, 2.75) is 13.1 Å². The maximum atomic E-state index is 13.4. The molecule has 1 aromatic heterocycles. The van der Waals surface area contributed by atoms with E-state index in [2.05, 4.69) is 11.7 Å². The van der Waals surface area contributed by atoms with Crippen molar-refractivity contribution < 1.29 is 17.6 Å². The van der Waals surface area contributed by atoms with Crippen LogP contribution in [0.25, 0.3) is 17.0 Å². The number of alkyl halides is 3. The van der Waals surface area contributed by atoms with Crippen LogP contribution in [-0.4, -0.2) is 14.7 Å². The topological polar surface area (TPSA) is 21.1 Å². The summed E-state index contributed by atoms with van der Waals surface area (Å²) in [6.45, 7) is 5.97. The molecule has 1 aliphatic heterocycles. The zero-order chi connectivity index (χ0) is 22.9. The van der Waals surface area contributed by atoms with E-state index in [1.165, 1.54) is 24.3 Å². The Balaban J connectivity index is 1.70. The lowest BCUT2D eigenvalue weighted by Gasteiger charge is -2.28. The van der Waals surface area contributed by atoms with Gasteiger partial charge in [-0.2, -0.15) is 18.3 Å². The molecule has 0 bridgehead atoms. The van der Waals surface area contributed by atoms with E-state index in [9.17, 15) is 17.6 Å². The lowest BCUT2D eigenvalue weighted by atomic mass is 10.1. The predicted molar refractivity (Wildman–Crippen MR) is 117 cm³/mol. The first-order valence-electron chi connectivity index (χ1n) is 9.80. The van der Waals surface area contributed by atoms with Gasteiger partial charge in [-0.15, -0.1) is 0 Å². The van der Waals surface area contributed by atoms with E-state index in [0.29, 0.717) is 17.1 Å². The highest BCUT2D eigenvalue weighted by Gasteiger charge is 2.30. The monoisotopic (exact) mass is 437 g/mol. The molecule has 0 atom stereocenters. The third-order valence-electron chi connectivity index (χ3n) is 5.08. The minimum absolute atomic E-state index is 0.321. The van der Waals surface area contributed by atoms with Crippen LogP contribution in [0.2, 0.25) is 0 Å². The smallest absolute Gasteiger partial charge is 0.317 e. The molecular weight excluding hydrogens is 418 g/mol. The zero-order valence-electron chi connectivity index (χ0n) is 17.1. The molecule has 2 aromatic carbocycles. The van der Waals surface area contributed by atoms with Crippen LogP contribution in [0.1, 0.15) is 23.7 Å². The second-order valence-corrected chi connectivity index (χ2v) is 7.13. The molecule has 0 spiro atoms. The number of rotatable bonds is 4. The lowest BCUT2D eigenvalue weighted by Crippen LogP contribution is -2.17. The molecule has 32 heavy (non-hydrogen) atoms. The largest absolute Gasteiger partial charge is 0.416 e. The van der Waals surface area contributed by atoms with Crippen molar-refractivity contribution in [3.63, 3.8) is 0 Å². The number of allylic oxidation sites excluding steroid dienone is 4. The van der Waals surface area contributed by atoms with Crippen LogP contribution in [0.3, 0.4) is 0 Å². The van der Waals surface area contributed by atoms with Crippen molar-refractivity contribution in [1.29, 1.82) is 0 Å². The number of benzene rings is 2. The molecule has 0 amide bonds. The van der Waals surface area contributed by atoms with Crippen molar-refractivity contribution >= 4 is 11.3 Å². The fraction of sp³-hybridized carbons (Fsp3) is 0.0800. The average Bonchev–Trinajstić information content (AvgIpc) is 3.26. The standard InChI is InChI=1S/C25H19F4N3/c1-3-23(18-6-10-21(26)11-7-18)31-16-19(5-4-17(31)2)24-14-15-30-32(24)22-12-8-20(9-13-22)25(27,28)29/h3-16H,2H2,1H3/b23-3-. The van der Waals surface area contributed by atoms with E-state index in [-0.39, 0.29) is 5.82 Å². The highest BCUT2D eigenvalue weighted by molar-refractivity contribution is 5.79. The second-order valence-electron chi connectivity index (χ2n) is 7.13. The molecule has 0 unspecified atom stereocenters. The summed E-state index contributed by atoms with van der Waals surface area (Å²) in [5, 5.41) is 4.29. The van der Waals surface area contributed by atoms with Gasteiger partial charge in [-0.3, -0.25) is 0 Å². The molecule has 0 aliphatic carbocycles. The third kappa shape index (κ3) is 4.14. The highest BCUT2D eigenvalue weighted by atomic mass is 19.4. The van der Waals surface area contributed by atoms with Crippen LogP contribution < -0.4 is 0 Å². The molecule has 4 rings (SSSR count). The van der Waals surface area contributed by atoms with E-state index >= 15 is 0 Å². The van der Waals surface area contributed by atoms with Crippen molar-refractivity contribution in [3.8, 4) is 5.69 Å². The molecule has 0 radical (unpaired) electrons. The van der Waals surface area contributed by atoms with E-state index < -0.39 is 11.7 Å². The van der Waals surface area contributed by atoms with Gasteiger partial charge in [0, 0.05) is 23.2 Å². The van der Waals surface area contributed by atoms with Crippen LogP contribution in [0.15, 0.2) is 97.5 Å². The van der Waals surface area contributed by atoms with Crippen molar-refractivity contribution in [2.24, 2.45) is 0 Å². The first-order chi connectivity index (χ1) is 15.3. The highest BCUT2D eigenvalue weighted by Crippen LogP contribution is 2.33. The minimum atomic E-state index is -4.40. The molecule has 0 fully saturated rings. The Morgan fingerprint density at radius 1 is 0.969 bits per heavy atom. The van der Waals surface area contributed by atoms with Gasteiger partial charge in [0.05, 0.1) is 23.1 Å². The zero-order valence-corrected chi connectivity index (χ0v) is 17.1. The number of nitrogens with zero attached hydrogens (tertiary/aromatic N) is 3. The fourth-order valence-corrected chi connectivity index (χ4v) is 3.49. The molecule has 7 heteroatoms. The Morgan fingerprint density at radius 3 is 2.28 bits per heavy atom. The Kier molecular flexibility index (Phi) is 5.57. The normalized spacial score (nSPS) is 14.7. The van der Waals surface area contributed by atoms with Gasteiger partial charge in [0.25, 0.3) is 0 Å². The van der Waals surface area contributed by atoms with E-state index in [0.717, 1.165) is 29.0 Å². The van der Waals surface area contributed by atoms with Gasteiger partial charge >= 0.3 is 6.18 Å². The molecule has 0 saturated heterocycles. The van der Waals surface area contributed by atoms with Crippen LogP contribution in [-0.2, 0) is 6.18 Å². The van der Waals surface area contributed by atoms with Gasteiger partial charge in [-0.1, -0.05) is 12.7 Å². The van der Waals surface area contributed by atoms with E-state index in [1.54, 1.807) is 29.1 Å². The van der Waals surface area contributed by atoms with E-state index in [4.69, 9.17) is 0 Å². The summed E-state index contributed by atoms with van der Waals surface area (Å²) in [5.74, 6) is -0.321. The Labute approximate surface area is 182 Å². The number of hydrogen-bond acceptors (Lipinski definition) is 2. The first kappa shape index (κ1) is 21.4. The van der Waals surface area contributed by atoms with Crippen LogP contribution in [0.5, 0.6) is 0 Å². The second kappa shape index (κ2) is 8.34. The summed E-state index contributed by atoms with van der Waals surface area (Å²) in [4.78, 5) is 1.88. The molecule has 162 valence electrons. The quantitative estimate of drug-likeness (QED) is 0.418. The molecular formula is C25H19F4N3. The lowest BCUT2D eigenvalue weighted by molar-refractivity contribution is -0.137. The third-order valence-corrected chi connectivity index (χ3v) is 5.08. The van der Waals surface area contributed by atoms with E-state index in [1.807, 2.05) is 36.3 Å². The molecule has 1 aliphatic rings. The van der Waals surface area contributed by atoms with Gasteiger partial charge in [-0.05, 0) is 79.2 Å². The van der Waals surface area contributed by atoms with Gasteiger partial charge < -0.3 is 4.90 Å². The first-order valence-corrected chi connectivity index (χ1v) is 9.80. The van der Waals surface area contributed by atoms with Gasteiger partial charge in [-0.25, -0.2) is 9.07 Å². The van der Waals surface area contributed by atoms with Gasteiger partial charge in [0.15, 0.2) is 0 Å². The molecule has 0 saturated carbocycles. The van der Waals surface area contributed by atoms with Crippen LogP contribution in [0.4, 0.5) is 17.6 Å². The summed E-state index contributed by atoms with van der Waals surface area (Å²) in [6, 6.07) is 12.8. The van der Waals surface area contributed by atoms with Crippen molar-refractivity contribution in [2.75, 3.05) is 0 Å². The maximum absolute atomic E-state index is 13.4. The van der Waals surface area contributed by atoms with Crippen LogP contribution >= 0.6 is 0 Å². The molecule has 2 heterocycles. The SMILES string of the molecule is C=C1C=CC(c2ccnn2-c2ccc(C(F)(F)F)cc2)=CN1/C(=C\C)c1ccc(F)cc1. The van der Waals surface area contributed by atoms with Crippen LogP contribution in [0, 0.1) is 5.82 Å². The van der Waals surface area contributed by atoms with Gasteiger partial charge in [0.2, 0.25) is 0 Å². The summed E-state index contributed by atoms with van der Waals surface area (Å²) in [5.41, 5.74) is 3.63. The summed E-state index contributed by atoms with van der Waals surface area (Å²) < 4.78 is 53.7. The number of aromatic nitrogens is 2. The summed E-state index contributed by atoms with van der Waals surface area (Å²) >= 11 is 0. The summed E-state index contributed by atoms with van der Waals surface area (Å²) in [6.07, 6.45) is 4.68. The maximum Gasteiger partial charge on any atom is 0.416 e. The average molecular weight is 437 g/mol. The predicted octanol–water partition coefficient (Wildman–Crippen LogP) is 6.82. The molecule has 0 N–H and O–H groups in total. The Hall–Kier alpha value is -3.87. The number of hydrogen-bond donors (Lipinski definition) is 0. The summed E-state index contributed by atoms with van der Waals surface area (Å²) in [7, 11) is 0. The molecule has 3 nitrogen and oxygen atoms in total. The fourth-order valence-electron chi connectivity index (χ4n) is 3.49. The Bertz CT molecular complexity index is 1230. The van der Waals surface area contributed by atoms with Gasteiger partial charge in [0.1, 0.15) is 5.82 Å². The minimum Gasteiger partial charge on any atom is -0.317 e. The Morgan fingerprint density at radius 2 is 1.66 bits per heavy atom. The van der Waals surface area contributed by atoms with Crippen molar-refractivity contribution in [3.05, 3.63) is 120 Å². The number of halogens is 4. The molecule has 3 aromatic rings. The van der Waals surface area contributed by atoms with Crippen molar-refractivity contribution in [1.82, 2.24) is 14.7 Å².